The Kier molecular flexibility index (Phi) is 5.54. The minimum Gasteiger partial charge on any atom is -0.484 e. The van der Waals surface area contributed by atoms with Gasteiger partial charge < -0.3 is 19.7 Å². The van der Waals surface area contributed by atoms with Crippen LogP contribution in [-0.2, 0) is 19.1 Å². The lowest BCUT2D eigenvalue weighted by molar-refractivity contribution is -0.384. The van der Waals surface area contributed by atoms with E-state index in [0.29, 0.717) is 11.3 Å². The second-order valence-corrected chi connectivity index (χ2v) is 7.22. The summed E-state index contributed by atoms with van der Waals surface area (Å²) < 4.78 is 9.99. The van der Waals surface area contributed by atoms with Gasteiger partial charge in [-0.1, -0.05) is 12.6 Å². The minimum absolute atomic E-state index is 0.157. The quantitative estimate of drug-likeness (QED) is 0.237. The number of fused-ring (bicyclic) bond motifs is 1. The van der Waals surface area contributed by atoms with E-state index in [-0.39, 0.29) is 11.4 Å². The van der Waals surface area contributed by atoms with Crippen molar-refractivity contribution in [3.63, 3.8) is 0 Å². The summed E-state index contributed by atoms with van der Waals surface area (Å²) in [6.45, 7) is 3.41. The summed E-state index contributed by atoms with van der Waals surface area (Å²) in [5.74, 6) is -0.894. The van der Waals surface area contributed by atoms with Crippen molar-refractivity contribution in [1.82, 2.24) is 10.2 Å². The van der Waals surface area contributed by atoms with E-state index in [9.17, 15) is 24.5 Å². The number of nitrogens with one attached hydrogen (secondary N) is 1. The number of rotatable bonds is 6. The Bertz CT molecular complexity index is 851. The van der Waals surface area contributed by atoms with E-state index in [0.717, 1.165) is 0 Å². The Morgan fingerprint density at radius 2 is 2.21 bits per heavy atom. The molecule has 1 aromatic carbocycles. The molecule has 2 fully saturated rings. The van der Waals surface area contributed by atoms with Gasteiger partial charge in [0.15, 0.2) is 12.6 Å². The lowest BCUT2D eigenvalue weighted by Crippen LogP contribution is -2.74. The summed E-state index contributed by atoms with van der Waals surface area (Å²) in [4.78, 5) is 48.1. The van der Waals surface area contributed by atoms with Gasteiger partial charge in [-0.05, 0) is 11.6 Å². The molecule has 2 amide bonds. The highest BCUT2D eigenvalue weighted by Gasteiger charge is 2.56. The second-order valence-electron chi connectivity index (χ2n) is 6.12. The molecule has 2 heterocycles. The first kappa shape index (κ1) is 19.7. The van der Waals surface area contributed by atoms with E-state index in [4.69, 9.17) is 9.47 Å². The number of carbonyl (C=O) groups is 3. The maximum atomic E-state index is 12.4. The summed E-state index contributed by atoms with van der Waals surface area (Å²) in [6, 6.07) is 3.80. The van der Waals surface area contributed by atoms with Crippen LogP contribution in [0.25, 0.3) is 0 Å². The van der Waals surface area contributed by atoms with Crippen LogP contribution in [0.3, 0.4) is 0 Å². The predicted octanol–water partition coefficient (Wildman–Crippen LogP) is 0.471. The molecule has 11 heteroatoms. The Labute approximate surface area is 164 Å². The zero-order valence-corrected chi connectivity index (χ0v) is 15.6. The third-order valence-electron chi connectivity index (χ3n) is 4.32. The van der Waals surface area contributed by atoms with Gasteiger partial charge >= 0.3 is 5.97 Å². The number of β-lactam (4-membered cyclic amide) rings is 1. The molecule has 2 aliphatic heterocycles. The molecular formula is C17H17N3O7S. The molecule has 0 bridgehead atoms. The molecule has 1 aromatic rings. The standard InChI is InChI=1S/C17H17N3O7S/c1-9-8-28-16-13(15(22)19(16)14(9)17(23)26-2)18-12(21)7-27-11-5-3-4-10(6-11)20(24)25/h3-6,13-14,16H,1,7-8H2,2H3,(H,18,21)/t13?,14?,16-/m1/s1. The van der Waals surface area contributed by atoms with Gasteiger partial charge in [-0.25, -0.2) is 4.79 Å². The van der Waals surface area contributed by atoms with Crippen molar-refractivity contribution in [3.05, 3.63) is 46.5 Å². The monoisotopic (exact) mass is 407 g/mol. The lowest BCUT2D eigenvalue weighted by Gasteiger charge is -2.52. The lowest BCUT2D eigenvalue weighted by atomic mass is 9.98. The van der Waals surface area contributed by atoms with E-state index in [2.05, 4.69) is 11.9 Å². The number of thioether (sulfide) groups is 1. The van der Waals surface area contributed by atoms with Crippen LogP contribution in [0.2, 0.25) is 0 Å². The predicted molar refractivity (Wildman–Crippen MR) is 98.6 cm³/mol. The fraction of sp³-hybridized carbons (Fsp3) is 0.353. The molecule has 0 radical (unpaired) electrons. The van der Waals surface area contributed by atoms with E-state index in [1.165, 1.54) is 48.0 Å². The number of hydrogen-bond acceptors (Lipinski definition) is 8. The molecule has 3 atom stereocenters. The molecule has 0 spiro atoms. The van der Waals surface area contributed by atoms with Crippen molar-refractivity contribution in [1.29, 1.82) is 0 Å². The fourth-order valence-electron chi connectivity index (χ4n) is 2.98. The van der Waals surface area contributed by atoms with Gasteiger partial charge in [0.25, 0.3) is 11.6 Å². The molecule has 2 aliphatic rings. The Hall–Kier alpha value is -3.08. The minimum atomic E-state index is -0.849. The first-order valence-electron chi connectivity index (χ1n) is 8.19. The van der Waals surface area contributed by atoms with Gasteiger partial charge in [-0.2, -0.15) is 0 Å². The van der Waals surface area contributed by atoms with Crippen LogP contribution in [0.15, 0.2) is 36.4 Å². The van der Waals surface area contributed by atoms with Crippen LogP contribution < -0.4 is 10.1 Å². The fourth-order valence-corrected chi connectivity index (χ4v) is 4.29. The van der Waals surface area contributed by atoms with E-state index in [1.807, 2.05) is 0 Å². The Balaban J connectivity index is 1.58. The Morgan fingerprint density at radius 3 is 2.89 bits per heavy atom. The average Bonchev–Trinajstić information content (AvgIpc) is 2.69. The summed E-state index contributed by atoms with van der Waals surface area (Å²) in [6.07, 6.45) is 0. The van der Waals surface area contributed by atoms with Crippen LogP contribution in [0, 0.1) is 10.1 Å². The second kappa shape index (κ2) is 7.89. The molecule has 2 saturated heterocycles. The molecule has 0 aliphatic carbocycles. The first-order valence-corrected chi connectivity index (χ1v) is 9.24. The third-order valence-corrected chi connectivity index (χ3v) is 5.70. The topological polar surface area (TPSA) is 128 Å². The largest absolute Gasteiger partial charge is 0.484 e. The zero-order valence-electron chi connectivity index (χ0n) is 14.8. The molecule has 1 N–H and O–H groups in total. The Morgan fingerprint density at radius 1 is 1.46 bits per heavy atom. The molecule has 10 nitrogen and oxygen atoms in total. The molecule has 3 rings (SSSR count). The number of ether oxygens (including phenoxy) is 2. The number of methoxy groups -OCH3 is 1. The van der Waals surface area contributed by atoms with Crippen molar-refractivity contribution >= 4 is 35.2 Å². The maximum absolute atomic E-state index is 12.4. The third kappa shape index (κ3) is 3.65. The van der Waals surface area contributed by atoms with Crippen molar-refractivity contribution in [2.45, 2.75) is 17.5 Å². The van der Waals surface area contributed by atoms with Crippen molar-refractivity contribution in [2.75, 3.05) is 19.5 Å². The van der Waals surface area contributed by atoms with Crippen LogP contribution in [0.4, 0.5) is 5.69 Å². The van der Waals surface area contributed by atoms with Gasteiger partial charge in [0.2, 0.25) is 5.91 Å². The molecular weight excluding hydrogens is 390 g/mol. The first-order chi connectivity index (χ1) is 13.3. The van der Waals surface area contributed by atoms with Crippen molar-refractivity contribution in [3.8, 4) is 5.75 Å². The molecule has 0 aromatic heterocycles. The average molecular weight is 407 g/mol. The number of esters is 1. The number of nitrogens with zero attached hydrogens (tertiary/aromatic N) is 2. The van der Waals surface area contributed by atoms with Gasteiger partial charge in [0.1, 0.15) is 17.2 Å². The highest BCUT2D eigenvalue weighted by Crippen LogP contribution is 2.40. The smallest absolute Gasteiger partial charge is 0.332 e. The van der Waals surface area contributed by atoms with Crippen LogP contribution in [-0.4, -0.2) is 64.5 Å². The molecule has 0 saturated carbocycles. The maximum Gasteiger partial charge on any atom is 0.332 e. The van der Waals surface area contributed by atoms with Gasteiger partial charge in [-0.3, -0.25) is 19.7 Å². The van der Waals surface area contributed by atoms with Gasteiger partial charge in [0.05, 0.1) is 18.1 Å². The normalized spacial score (nSPS) is 23.3. The van der Waals surface area contributed by atoms with E-state index < -0.39 is 46.8 Å². The van der Waals surface area contributed by atoms with Crippen molar-refractivity contribution < 1.29 is 28.8 Å². The number of nitro groups is 1. The summed E-state index contributed by atoms with van der Waals surface area (Å²) in [7, 11) is 1.24. The summed E-state index contributed by atoms with van der Waals surface area (Å²) >= 11 is 1.39. The number of nitro benzene ring substituents is 1. The van der Waals surface area contributed by atoms with Gasteiger partial charge in [-0.15, -0.1) is 11.8 Å². The highest BCUT2D eigenvalue weighted by atomic mass is 32.2. The molecule has 2 unspecified atom stereocenters. The van der Waals surface area contributed by atoms with Crippen LogP contribution in [0.5, 0.6) is 5.75 Å². The summed E-state index contributed by atoms with van der Waals surface area (Å²) in [5, 5.41) is 12.9. The van der Waals surface area contributed by atoms with Crippen molar-refractivity contribution in [2.24, 2.45) is 0 Å². The number of carbonyl (C=O) groups excluding carboxylic acids is 3. The van der Waals surface area contributed by atoms with E-state index in [1.54, 1.807) is 0 Å². The number of hydrogen-bond donors (Lipinski definition) is 1. The number of non-ortho nitro benzene ring substituents is 1. The van der Waals surface area contributed by atoms with Crippen LogP contribution >= 0.6 is 11.8 Å². The molecule has 148 valence electrons. The highest BCUT2D eigenvalue weighted by molar-refractivity contribution is 8.00. The molecule has 28 heavy (non-hydrogen) atoms. The zero-order chi connectivity index (χ0) is 20.4. The van der Waals surface area contributed by atoms with Gasteiger partial charge in [0, 0.05) is 11.8 Å². The number of amides is 2. The van der Waals surface area contributed by atoms with Crippen LogP contribution in [0.1, 0.15) is 0 Å². The summed E-state index contributed by atoms with van der Waals surface area (Å²) in [5.41, 5.74) is 0.413. The number of benzene rings is 1. The van der Waals surface area contributed by atoms with E-state index >= 15 is 0 Å². The SMILES string of the molecule is C=C1CS[C@@H]2C(NC(=O)COc3cccc([N+](=O)[O-])c3)C(=O)N2C1C(=O)OC.